The van der Waals surface area contributed by atoms with Gasteiger partial charge in [0.15, 0.2) is 0 Å². The first-order valence-corrected chi connectivity index (χ1v) is 13.9. The molecule has 0 aliphatic carbocycles. The summed E-state index contributed by atoms with van der Waals surface area (Å²) < 4.78 is 7.10. The molecule has 0 radical (unpaired) electrons. The average Bonchev–Trinajstić information content (AvgIpc) is 2.97. The SMILES string of the molecule is CC/C(=C(\c1ccccc1)c1ccc(OCC[N+](C)(C)Cc2ccc3ccccc3c2)cc1)c1ccccc1.[Br-]. The molecule has 0 aliphatic rings. The number of halogens is 1. The van der Waals surface area contributed by atoms with Crippen LogP contribution in [0.4, 0.5) is 0 Å². The van der Waals surface area contributed by atoms with Gasteiger partial charge in [0, 0.05) is 5.56 Å². The second kappa shape index (κ2) is 13.6. The Hall–Kier alpha value is -3.66. The number of hydrogen-bond acceptors (Lipinski definition) is 1. The van der Waals surface area contributed by atoms with E-state index in [9.17, 15) is 0 Å². The van der Waals surface area contributed by atoms with Crippen LogP contribution in [0.15, 0.2) is 127 Å². The van der Waals surface area contributed by atoms with Gasteiger partial charge in [-0.2, -0.15) is 0 Å². The molecule has 0 fully saturated rings. The molecule has 40 heavy (non-hydrogen) atoms. The molecule has 0 aliphatic heterocycles. The zero-order valence-corrected chi connectivity index (χ0v) is 25.3. The van der Waals surface area contributed by atoms with Gasteiger partial charge in [0.25, 0.3) is 0 Å². The van der Waals surface area contributed by atoms with Gasteiger partial charge < -0.3 is 26.2 Å². The standard InChI is InChI=1S/C37H38NO.BrH/c1-4-36(31-14-7-5-8-15-31)37(32-16-9-6-10-17-32)33-21-23-35(24-22-33)39-26-25-38(2,3)28-29-19-20-30-13-11-12-18-34(30)27-29;/h5-24,27H,4,25-26,28H2,1-3H3;1H/q+1;/p-1/b37-36-;. The molecule has 5 rings (SSSR count). The van der Waals surface area contributed by atoms with E-state index in [2.05, 4.69) is 148 Å². The minimum Gasteiger partial charge on any atom is -1.00 e. The Bertz CT molecular complexity index is 1540. The molecule has 2 nitrogen and oxygen atoms in total. The van der Waals surface area contributed by atoms with Gasteiger partial charge in [-0.1, -0.05) is 116 Å². The molecule has 5 aromatic rings. The Kier molecular flexibility index (Phi) is 9.98. The summed E-state index contributed by atoms with van der Waals surface area (Å²) in [4.78, 5) is 0. The van der Waals surface area contributed by atoms with Gasteiger partial charge in [0.2, 0.25) is 0 Å². The van der Waals surface area contributed by atoms with Crippen LogP contribution in [0.2, 0.25) is 0 Å². The summed E-state index contributed by atoms with van der Waals surface area (Å²) in [6.07, 6.45) is 0.955. The van der Waals surface area contributed by atoms with Gasteiger partial charge >= 0.3 is 0 Å². The smallest absolute Gasteiger partial charge is 0.137 e. The predicted molar refractivity (Wildman–Crippen MR) is 166 cm³/mol. The van der Waals surface area contributed by atoms with Crippen LogP contribution in [0.3, 0.4) is 0 Å². The van der Waals surface area contributed by atoms with E-state index in [0.29, 0.717) is 6.61 Å². The van der Waals surface area contributed by atoms with Crippen molar-refractivity contribution >= 4 is 21.9 Å². The van der Waals surface area contributed by atoms with E-state index in [1.54, 1.807) is 0 Å². The first-order valence-electron chi connectivity index (χ1n) is 13.9. The van der Waals surface area contributed by atoms with Crippen molar-refractivity contribution < 1.29 is 26.2 Å². The number of fused-ring (bicyclic) bond motifs is 1. The Morgan fingerprint density at radius 1 is 0.625 bits per heavy atom. The molecule has 204 valence electrons. The van der Waals surface area contributed by atoms with Crippen molar-refractivity contribution in [3.8, 4) is 5.75 Å². The fourth-order valence-corrected chi connectivity index (χ4v) is 5.32. The summed E-state index contributed by atoms with van der Waals surface area (Å²) in [5, 5.41) is 2.59. The summed E-state index contributed by atoms with van der Waals surface area (Å²) >= 11 is 0. The van der Waals surface area contributed by atoms with Crippen molar-refractivity contribution in [3.05, 3.63) is 150 Å². The first-order chi connectivity index (χ1) is 19.0. The van der Waals surface area contributed by atoms with Gasteiger partial charge in [0.1, 0.15) is 25.4 Å². The van der Waals surface area contributed by atoms with Gasteiger partial charge in [-0.25, -0.2) is 0 Å². The number of hydrogen-bond donors (Lipinski definition) is 0. The Labute approximate surface area is 249 Å². The van der Waals surface area contributed by atoms with Crippen molar-refractivity contribution in [2.45, 2.75) is 19.9 Å². The van der Waals surface area contributed by atoms with Crippen LogP contribution in [0.25, 0.3) is 21.9 Å². The van der Waals surface area contributed by atoms with Gasteiger partial charge in [-0.3, -0.25) is 0 Å². The molecule has 0 heterocycles. The summed E-state index contributed by atoms with van der Waals surface area (Å²) in [5.74, 6) is 0.912. The number of allylic oxidation sites excluding steroid dienone is 1. The third-order valence-corrected chi connectivity index (χ3v) is 7.37. The average molecular weight is 593 g/mol. The normalized spacial score (nSPS) is 12.0. The van der Waals surface area contributed by atoms with E-state index >= 15 is 0 Å². The van der Waals surface area contributed by atoms with E-state index in [1.807, 2.05) is 0 Å². The third-order valence-electron chi connectivity index (χ3n) is 7.37. The lowest BCUT2D eigenvalue weighted by molar-refractivity contribution is -0.903. The van der Waals surface area contributed by atoms with Crippen LogP contribution >= 0.6 is 0 Å². The van der Waals surface area contributed by atoms with Gasteiger partial charge in [0.05, 0.1) is 14.1 Å². The fraction of sp³-hybridized carbons (Fsp3) is 0.189. The summed E-state index contributed by atoms with van der Waals surface area (Å²) in [7, 11) is 4.54. The van der Waals surface area contributed by atoms with Crippen LogP contribution in [0.1, 0.15) is 35.6 Å². The number of likely N-dealkylation sites (N-methyl/N-ethyl adjacent to an activating group) is 1. The molecule has 0 N–H and O–H groups in total. The van der Waals surface area contributed by atoms with Crippen molar-refractivity contribution in [3.63, 3.8) is 0 Å². The lowest BCUT2D eigenvalue weighted by Gasteiger charge is -2.30. The Morgan fingerprint density at radius 2 is 1.20 bits per heavy atom. The van der Waals surface area contributed by atoms with Crippen LogP contribution in [0.5, 0.6) is 5.75 Å². The van der Waals surface area contributed by atoms with Gasteiger partial charge in [-0.15, -0.1) is 0 Å². The van der Waals surface area contributed by atoms with E-state index in [1.165, 1.54) is 44.2 Å². The third kappa shape index (κ3) is 7.29. The maximum atomic E-state index is 6.23. The number of ether oxygens (including phenoxy) is 1. The monoisotopic (exact) mass is 591 g/mol. The minimum absolute atomic E-state index is 0. The highest BCUT2D eigenvalue weighted by Crippen LogP contribution is 2.35. The molecule has 0 aromatic heterocycles. The topological polar surface area (TPSA) is 9.23 Å². The van der Waals surface area contributed by atoms with E-state index in [0.717, 1.165) is 29.7 Å². The quantitative estimate of drug-likeness (QED) is 0.146. The molecule has 3 heteroatoms. The van der Waals surface area contributed by atoms with E-state index in [4.69, 9.17) is 4.74 Å². The molecule has 0 saturated carbocycles. The van der Waals surface area contributed by atoms with Crippen LogP contribution in [-0.4, -0.2) is 31.7 Å². The summed E-state index contributed by atoms with van der Waals surface area (Å²) in [5.41, 5.74) is 7.70. The summed E-state index contributed by atoms with van der Waals surface area (Å²) in [6, 6.07) is 45.4. The first kappa shape index (κ1) is 29.3. The van der Waals surface area contributed by atoms with Crippen LogP contribution in [-0.2, 0) is 6.54 Å². The van der Waals surface area contributed by atoms with Crippen LogP contribution < -0.4 is 21.7 Å². The highest BCUT2D eigenvalue weighted by molar-refractivity contribution is 5.98. The summed E-state index contributed by atoms with van der Waals surface area (Å²) in [6.45, 7) is 4.81. The fourth-order valence-electron chi connectivity index (χ4n) is 5.32. The maximum absolute atomic E-state index is 6.23. The zero-order valence-electron chi connectivity index (χ0n) is 23.7. The Balaban J connectivity index is 0.00000370. The number of nitrogens with zero attached hydrogens (tertiary/aromatic N) is 1. The molecule has 0 saturated heterocycles. The molecule has 0 amide bonds. The highest BCUT2D eigenvalue weighted by Gasteiger charge is 2.17. The lowest BCUT2D eigenvalue weighted by atomic mass is 9.88. The van der Waals surface area contributed by atoms with E-state index < -0.39 is 0 Å². The van der Waals surface area contributed by atoms with Crippen LogP contribution in [0, 0.1) is 0 Å². The van der Waals surface area contributed by atoms with Crippen molar-refractivity contribution in [1.82, 2.24) is 0 Å². The largest absolute Gasteiger partial charge is 1.00 e. The molecule has 0 bridgehead atoms. The zero-order chi connectivity index (χ0) is 27.1. The Morgan fingerprint density at radius 3 is 1.85 bits per heavy atom. The second-order valence-electron chi connectivity index (χ2n) is 10.8. The molecule has 5 aromatic carbocycles. The second-order valence-corrected chi connectivity index (χ2v) is 10.8. The van der Waals surface area contributed by atoms with Crippen molar-refractivity contribution in [2.75, 3.05) is 27.2 Å². The van der Waals surface area contributed by atoms with Gasteiger partial charge in [-0.05, 0) is 63.2 Å². The molecule has 0 atom stereocenters. The molecule has 0 spiro atoms. The lowest BCUT2D eigenvalue weighted by Crippen LogP contribution is -3.00. The number of quaternary nitrogens is 1. The highest BCUT2D eigenvalue weighted by atomic mass is 79.9. The van der Waals surface area contributed by atoms with Crippen molar-refractivity contribution in [2.24, 2.45) is 0 Å². The number of rotatable bonds is 10. The predicted octanol–water partition coefficient (Wildman–Crippen LogP) is 5.87. The molecular formula is C37H38BrNO. The minimum atomic E-state index is 0. The number of benzene rings is 5. The maximum Gasteiger partial charge on any atom is 0.137 e. The molecular weight excluding hydrogens is 554 g/mol. The molecule has 0 unspecified atom stereocenters. The van der Waals surface area contributed by atoms with Crippen molar-refractivity contribution in [1.29, 1.82) is 0 Å². The van der Waals surface area contributed by atoms with E-state index in [-0.39, 0.29) is 17.0 Å².